The SMILES string of the molecule is CCn1c(Sc2cncc(N)n2)n[nH]c1=O. The van der Waals surface area contributed by atoms with E-state index in [0.29, 0.717) is 22.5 Å². The molecular formula is C8H10N6OS. The number of H-pyrrole nitrogens is 1. The van der Waals surface area contributed by atoms with Crippen LogP contribution < -0.4 is 11.4 Å². The Hall–Kier alpha value is -1.83. The van der Waals surface area contributed by atoms with E-state index in [-0.39, 0.29) is 5.69 Å². The molecule has 2 aromatic rings. The first-order valence-corrected chi connectivity index (χ1v) is 5.43. The number of nitrogens with two attached hydrogens (primary N) is 1. The van der Waals surface area contributed by atoms with E-state index in [2.05, 4.69) is 20.2 Å². The normalized spacial score (nSPS) is 10.6. The Morgan fingerprint density at radius 1 is 1.56 bits per heavy atom. The highest BCUT2D eigenvalue weighted by Crippen LogP contribution is 2.22. The van der Waals surface area contributed by atoms with Gasteiger partial charge >= 0.3 is 5.69 Å². The lowest BCUT2D eigenvalue weighted by Gasteiger charge is -2.01. The minimum absolute atomic E-state index is 0.234. The number of nitrogens with zero attached hydrogens (tertiary/aromatic N) is 4. The van der Waals surface area contributed by atoms with Crippen molar-refractivity contribution in [3.63, 3.8) is 0 Å². The molecule has 0 fully saturated rings. The van der Waals surface area contributed by atoms with Gasteiger partial charge in [0.25, 0.3) is 0 Å². The molecule has 2 heterocycles. The first kappa shape index (κ1) is 10.7. The van der Waals surface area contributed by atoms with E-state index >= 15 is 0 Å². The molecule has 0 spiro atoms. The maximum absolute atomic E-state index is 11.3. The Morgan fingerprint density at radius 3 is 3.06 bits per heavy atom. The van der Waals surface area contributed by atoms with Crippen LogP contribution in [0.25, 0.3) is 0 Å². The molecule has 16 heavy (non-hydrogen) atoms. The van der Waals surface area contributed by atoms with E-state index in [1.807, 2.05) is 6.92 Å². The molecule has 0 amide bonds. The minimum Gasteiger partial charge on any atom is -0.382 e. The van der Waals surface area contributed by atoms with Crippen molar-refractivity contribution in [3.05, 3.63) is 22.9 Å². The summed E-state index contributed by atoms with van der Waals surface area (Å²) in [4.78, 5) is 19.3. The van der Waals surface area contributed by atoms with Crippen molar-refractivity contribution >= 4 is 17.6 Å². The third-order valence-electron chi connectivity index (χ3n) is 1.87. The molecular weight excluding hydrogens is 228 g/mol. The Bertz CT molecular complexity index is 547. The number of aromatic nitrogens is 5. The maximum Gasteiger partial charge on any atom is 0.343 e. The number of aromatic amines is 1. The molecule has 2 rings (SSSR count). The zero-order valence-electron chi connectivity index (χ0n) is 8.54. The van der Waals surface area contributed by atoms with E-state index < -0.39 is 0 Å². The lowest BCUT2D eigenvalue weighted by molar-refractivity contribution is 0.660. The summed E-state index contributed by atoms with van der Waals surface area (Å²) in [6.45, 7) is 2.42. The molecule has 3 N–H and O–H groups in total. The van der Waals surface area contributed by atoms with Crippen LogP contribution in [0.3, 0.4) is 0 Å². The Kier molecular flexibility index (Phi) is 2.91. The Balaban J connectivity index is 2.30. The molecule has 0 saturated heterocycles. The van der Waals surface area contributed by atoms with Crippen molar-refractivity contribution in [1.82, 2.24) is 24.7 Å². The predicted octanol–water partition coefficient (Wildman–Crippen LogP) is 0.115. The fourth-order valence-electron chi connectivity index (χ4n) is 1.17. The molecule has 84 valence electrons. The van der Waals surface area contributed by atoms with Crippen LogP contribution in [0.4, 0.5) is 5.82 Å². The molecule has 0 atom stereocenters. The van der Waals surface area contributed by atoms with Crippen LogP contribution in [0, 0.1) is 0 Å². The van der Waals surface area contributed by atoms with Gasteiger partial charge in [0.1, 0.15) is 10.8 Å². The highest BCUT2D eigenvalue weighted by molar-refractivity contribution is 7.99. The first-order chi connectivity index (χ1) is 7.70. The lowest BCUT2D eigenvalue weighted by Crippen LogP contribution is -2.16. The van der Waals surface area contributed by atoms with Crippen molar-refractivity contribution in [2.75, 3.05) is 5.73 Å². The molecule has 0 radical (unpaired) electrons. The predicted molar refractivity (Wildman–Crippen MR) is 59.1 cm³/mol. The molecule has 0 unspecified atom stereocenters. The van der Waals surface area contributed by atoms with Crippen LogP contribution >= 0.6 is 11.8 Å². The standard InChI is InChI=1S/C8H10N6OS/c1-2-14-7(15)12-13-8(14)16-6-4-10-3-5(9)11-6/h3-4H,2H2,1H3,(H2,9,11)(H,12,15). The molecule has 8 heteroatoms. The van der Waals surface area contributed by atoms with Gasteiger partial charge in [-0.2, -0.15) is 0 Å². The largest absolute Gasteiger partial charge is 0.382 e. The first-order valence-electron chi connectivity index (χ1n) is 4.61. The zero-order valence-corrected chi connectivity index (χ0v) is 9.36. The van der Waals surface area contributed by atoms with Gasteiger partial charge in [-0.1, -0.05) is 0 Å². The molecule has 2 aromatic heterocycles. The second-order valence-corrected chi connectivity index (χ2v) is 3.93. The number of nitrogen functional groups attached to an aromatic ring is 1. The molecule has 0 aliphatic heterocycles. The summed E-state index contributed by atoms with van der Waals surface area (Å²) in [6, 6.07) is 0. The van der Waals surface area contributed by atoms with Gasteiger partial charge in [-0.15, -0.1) is 5.10 Å². The summed E-state index contributed by atoms with van der Waals surface area (Å²) in [7, 11) is 0. The fraction of sp³-hybridized carbons (Fsp3) is 0.250. The molecule has 0 aliphatic carbocycles. The molecule has 0 aliphatic rings. The minimum atomic E-state index is -0.234. The molecule has 7 nitrogen and oxygen atoms in total. The zero-order chi connectivity index (χ0) is 11.5. The number of nitrogens with one attached hydrogen (secondary N) is 1. The topological polar surface area (TPSA) is 102 Å². The van der Waals surface area contributed by atoms with E-state index in [1.165, 1.54) is 22.5 Å². The number of hydrogen-bond donors (Lipinski definition) is 2. The summed E-state index contributed by atoms with van der Waals surface area (Å²) < 4.78 is 1.51. The average molecular weight is 238 g/mol. The van der Waals surface area contributed by atoms with Gasteiger partial charge < -0.3 is 5.73 Å². The number of rotatable bonds is 3. The second kappa shape index (κ2) is 4.35. The second-order valence-electron chi connectivity index (χ2n) is 2.94. The van der Waals surface area contributed by atoms with E-state index in [9.17, 15) is 4.79 Å². The maximum atomic E-state index is 11.3. The van der Waals surface area contributed by atoms with Crippen molar-refractivity contribution in [3.8, 4) is 0 Å². The highest BCUT2D eigenvalue weighted by Gasteiger charge is 2.09. The van der Waals surface area contributed by atoms with Gasteiger partial charge in [0.2, 0.25) is 0 Å². The summed E-state index contributed by atoms with van der Waals surface area (Å²) >= 11 is 1.24. The molecule has 0 aromatic carbocycles. The van der Waals surface area contributed by atoms with E-state index in [0.717, 1.165) is 0 Å². The highest BCUT2D eigenvalue weighted by atomic mass is 32.2. The van der Waals surface area contributed by atoms with Crippen molar-refractivity contribution in [2.45, 2.75) is 23.7 Å². The van der Waals surface area contributed by atoms with E-state index in [4.69, 9.17) is 5.73 Å². The van der Waals surface area contributed by atoms with Crippen LogP contribution in [0.15, 0.2) is 27.4 Å². The third-order valence-corrected chi connectivity index (χ3v) is 2.77. The summed E-state index contributed by atoms with van der Waals surface area (Å²) in [6.07, 6.45) is 3.03. The van der Waals surface area contributed by atoms with E-state index in [1.54, 1.807) is 6.20 Å². The Morgan fingerprint density at radius 2 is 2.38 bits per heavy atom. The molecule has 0 saturated carbocycles. The monoisotopic (exact) mass is 238 g/mol. The summed E-state index contributed by atoms with van der Waals surface area (Å²) in [5, 5.41) is 7.43. The quantitative estimate of drug-likeness (QED) is 0.787. The fourth-order valence-corrected chi connectivity index (χ4v) is 2.03. The van der Waals surface area contributed by atoms with Crippen LogP contribution in [0.5, 0.6) is 0 Å². The van der Waals surface area contributed by atoms with Crippen molar-refractivity contribution in [2.24, 2.45) is 0 Å². The van der Waals surface area contributed by atoms with Gasteiger partial charge in [0, 0.05) is 6.54 Å². The van der Waals surface area contributed by atoms with Gasteiger partial charge in [-0.3, -0.25) is 9.55 Å². The smallest absolute Gasteiger partial charge is 0.343 e. The molecule has 0 bridgehead atoms. The third kappa shape index (κ3) is 2.06. The van der Waals surface area contributed by atoms with Crippen LogP contribution in [-0.2, 0) is 6.54 Å². The van der Waals surface area contributed by atoms with Gasteiger partial charge in [0.05, 0.1) is 12.4 Å². The van der Waals surface area contributed by atoms with Crippen molar-refractivity contribution < 1.29 is 0 Å². The van der Waals surface area contributed by atoms with Crippen LogP contribution in [0.2, 0.25) is 0 Å². The van der Waals surface area contributed by atoms with Gasteiger partial charge in [-0.25, -0.2) is 14.9 Å². The van der Waals surface area contributed by atoms with Crippen LogP contribution in [-0.4, -0.2) is 24.7 Å². The summed E-state index contributed by atoms with van der Waals surface area (Å²) in [5.74, 6) is 0.339. The Labute approximate surface area is 95.1 Å². The number of hydrogen-bond acceptors (Lipinski definition) is 6. The lowest BCUT2D eigenvalue weighted by atomic mass is 10.7. The average Bonchev–Trinajstić information content (AvgIpc) is 2.59. The number of anilines is 1. The van der Waals surface area contributed by atoms with Gasteiger partial charge in [-0.05, 0) is 18.7 Å². The van der Waals surface area contributed by atoms with Gasteiger partial charge in [0.15, 0.2) is 5.16 Å². The van der Waals surface area contributed by atoms with Crippen molar-refractivity contribution in [1.29, 1.82) is 0 Å². The summed E-state index contributed by atoms with van der Waals surface area (Å²) in [5.41, 5.74) is 5.27. The van der Waals surface area contributed by atoms with Crippen LogP contribution in [0.1, 0.15) is 6.92 Å².